The van der Waals surface area contributed by atoms with Gasteiger partial charge in [0.05, 0.1) is 11.8 Å². The van der Waals surface area contributed by atoms with E-state index >= 15 is 0 Å². The van der Waals surface area contributed by atoms with Crippen LogP contribution in [0.2, 0.25) is 0 Å². The van der Waals surface area contributed by atoms with Gasteiger partial charge in [-0.2, -0.15) is 0 Å². The van der Waals surface area contributed by atoms with Gasteiger partial charge in [0, 0.05) is 24.4 Å². The van der Waals surface area contributed by atoms with Gasteiger partial charge in [0.2, 0.25) is 0 Å². The maximum absolute atomic E-state index is 12.1. The lowest BCUT2D eigenvalue weighted by Crippen LogP contribution is -2.34. The van der Waals surface area contributed by atoms with E-state index in [-0.39, 0.29) is 11.9 Å². The van der Waals surface area contributed by atoms with Crippen LogP contribution in [0.1, 0.15) is 41.3 Å². The van der Waals surface area contributed by atoms with E-state index in [2.05, 4.69) is 10.3 Å². The van der Waals surface area contributed by atoms with Crippen LogP contribution in [0.5, 0.6) is 0 Å². The molecule has 5 nitrogen and oxygen atoms in total. The second kappa shape index (κ2) is 6.34. The molecule has 2 unspecified atom stereocenters. The number of hydrogen-bond donors (Lipinski definition) is 2. The molecule has 0 aliphatic carbocycles. The van der Waals surface area contributed by atoms with Gasteiger partial charge in [-0.3, -0.25) is 9.78 Å². The van der Waals surface area contributed by atoms with Crippen molar-refractivity contribution in [1.82, 2.24) is 10.3 Å². The quantitative estimate of drug-likeness (QED) is 0.876. The Kier molecular flexibility index (Phi) is 4.53. The average molecular weight is 274 g/mol. The van der Waals surface area contributed by atoms with Crippen molar-refractivity contribution >= 4 is 5.91 Å². The molecule has 20 heavy (non-hydrogen) atoms. The minimum absolute atomic E-state index is 0.179. The maximum Gasteiger partial charge on any atom is 0.253 e. The van der Waals surface area contributed by atoms with Gasteiger partial charge in [-0.05, 0) is 38.1 Å². The molecule has 2 rings (SSSR count). The van der Waals surface area contributed by atoms with E-state index in [9.17, 15) is 9.90 Å². The first-order chi connectivity index (χ1) is 9.58. The highest BCUT2D eigenvalue weighted by Gasteiger charge is 2.17. The summed E-state index contributed by atoms with van der Waals surface area (Å²) in [6.45, 7) is 3.63. The molecular formula is C15H18N2O3. The fourth-order valence-corrected chi connectivity index (χ4v) is 2.02. The number of carbonyl (C=O) groups excluding carboxylic acids is 1. The monoisotopic (exact) mass is 274 g/mol. The van der Waals surface area contributed by atoms with Gasteiger partial charge in [-0.1, -0.05) is 0 Å². The summed E-state index contributed by atoms with van der Waals surface area (Å²) in [6.07, 6.45) is 2.82. The zero-order valence-electron chi connectivity index (χ0n) is 11.5. The molecule has 2 aromatic heterocycles. The SMILES string of the molecule is Cc1ncccc1C(=O)NC(C)CC(O)c1ccco1. The first-order valence-corrected chi connectivity index (χ1v) is 6.52. The standard InChI is InChI=1S/C15H18N2O3/c1-10(9-13(18)14-6-4-8-20-14)17-15(19)12-5-3-7-16-11(12)2/h3-8,10,13,18H,9H2,1-2H3,(H,17,19). The number of aryl methyl sites for hydroxylation is 1. The summed E-state index contributed by atoms with van der Waals surface area (Å²) in [5.41, 5.74) is 1.23. The van der Waals surface area contributed by atoms with E-state index in [1.807, 2.05) is 6.92 Å². The van der Waals surface area contributed by atoms with Crippen molar-refractivity contribution in [2.75, 3.05) is 0 Å². The lowest BCUT2D eigenvalue weighted by atomic mass is 10.1. The molecule has 0 spiro atoms. The van der Waals surface area contributed by atoms with Crippen molar-refractivity contribution in [2.45, 2.75) is 32.4 Å². The van der Waals surface area contributed by atoms with E-state index in [0.717, 1.165) is 0 Å². The van der Waals surface area contributed by atoms with Gasteiger partial charge in [0.1, 0.15) is 11.9 Å². The molecule has 1 amide bonds. The largest absolute Gasteiger partial charge is 0.467 e. The molecule has 0 aromatic carbocycles. The summed E-state index contributed by atoms with van der Waals surface area (Å²) in [5.74, 6) is 0.318. The third-order valence-corrected chi connectivity index (χ3v) is 3.08. The first-order valence-electron chi connectivity index (χ1n) is 6.52. The van der Waals surface area contributed by atoms with E-state index in [1.165, 1.54) is 6.26 Å². The number of nitrogens with zero attached hydrogens (tertiary/aromatic N) is 1. The van der Waals surface area contributed by atoms with Crippen LogP contribution in [0, 0.1) is 6.92 Å². The number of rotatable bonds is 5. The number of nitrogens with one attached hydrogen (secondary N) is 1. The fraction of sp³-hybridized carbons (Fsp3) is 0.333. The van der Waals surface area contributed by atoms with E-state index < -0.39 is 6.10 Å². The molecule has 0 aliphatic heterocycles. The van der Waals surface area contributed by atoms with E-state index in [0.29, 0.717) is 23.4 Å². The molecule has 0 bridgehead atoms. The molecule has 5 heteroatoms. The Morgan fingerprint density at radius 2 is 2.25 bits per heavy atom. The fourth-order valence-electron chi connectivity index (χ4n) is 2.02. The molecule has 0 aliphatic rings. The van der Waals surface area contributed by atoms with Gasteiger partial charge >= 0.3 is 0 Å². The summed E-state index contributed by atoms with van der Waals surface area (Å²) in [6, 6.07) is 6.71. The highest BCUT2D eigenvalue weighted by Crippen LogP contribution is 2.18. The molecule has 2 N–H and O–H groups in total. The first kappa shape index (κ1) is 14.3. The summed E-state index contributed by atoms with van der Waals surface area (Å²) >= 11 is 0. The topological polar surface area (TPSA) is 75.4 Å². The summed E-state index contributed by atoms with van der Waals surface area (Å²) in [5, 5.41) is 12.8. The van der Waals surface area contributed by atoms with E-state index in [1.54, 1.807) is 37.4 Å². The molecule has 0 saturated heterocycles. The predicted molar refractivity (Wildman–Crippen MR) is 74.2 cm³/mol. The molecule has 106 valence electrons. The minimum atomic E-state index is -0.727. The average Bonchev–Trinajstić information content (AvgIpc) is 2.92. The van der Waals surface area contributed by atoms with Crippen molar-refractivity contribution < 1.29 is 14.3 Å². The van der Waals surface area contributed by atoms with Crippen molar-refractivity contribution in [3.8, 4) is 0 Å². The molecule has 2 atom stereocenters. The van der Waals surface area contributed by atoms with Gasteiger partial charge in [-0.15, -0.1) is 0 Å². The lowest BCUT2D eigenvalue weighted by Gasteiger charge is -2.17. The number of aromatic nitrogens is 1. The second-order valence-electron chi connectivity index (χ2n) is 4.78. The maximum atomic E-state index is 12.1. The van der Waals surface area contributed by atoms with Gasteiger partial charge in [-0.25, -0.2) is 0 Å². The Morgan fingerprint density at radius 3 is 2.90 bits per heavy atom. The Bertz CT molecular complexity index is 566. The van der Waals surface area contributed by atoms with Crippen molar-refractivity contribution in [3.63, 3.8) is 0 Å². The number of carbonyl (C=O) groups is 1. The molecular weight excluding hydrogens is 256 g/mol. The molecule has 0 radical (unpaired) electrons. The summed E-state index contributed by atoms with van der Waals surface area (Å²) in [7, 11) is 0. The van der Waals surface area contributed by atoms with E-state index in [4.69, 9.17) is 4.42 Å². The van der Waals surface area contributed by atoms with Crippen LogP contribution in [-0.4, -0.2) is 22.0 Å². The predicted octanol–water partition coefficient (Wildman–Crippen LogP) is 2.23. The van der Waals surface area contributed by atoms with Crippen LogP contribution in [0.3, 0.4) is 0 Å². The molecule has 0 fully saturated rings. The third-order valence-electron chi connectivity index (χ3n) is 3.08. The smallest absolute Gasteiger partial charge is 0.253 e. The zero-order valence-corrected chi connectivity index (χ0v) is 11.5. The summed E-state index contributed by atoms with van der Waals surface area (Å²) in [4.78, 5) is 16.2. The normalized spacial score (nSPS) is 13.8. The van der Waals surface area contributed by atoms with Crippen molar-refractivity contribution in [3.05, 3.63) is 53.7 Å². The number of aliphatic hydroxyl groups excluding tert-OH is 1. The Labute approximate surface area is 117 Å². The zero-order chi connectivity index (χ0) is 14.5. The van der Waals surface area contributed by atoms with Gasteiger partial charge in [0.25, 0.3) is 5.91 Å². The van der Waals surface area contributed by atoms with Crippen LogP contribution in [0.15, 0.2) is 41.1 Å². The van der Waals surface area contributed by atoms with Crippen LogP contribution in [0.25, 0.3) is 0 Å². The van der Waals surface area contributed by atoms with Crippen molar-refractivity contribution in [1.29, 1.82) is 0 Å². The van der Waals surface area contributed by atoms with Crippen LogP contribution < -0.4 is 5.32 Å². The van der Waals surface area contributed by atoms with Crippen LogP contribution >= 0.6 is 0 Å². The number of furan rings is 1. The number of pyridine rings is 1. The van der Waals surface area contributed by atoms with Crippen molar-refractivity contribution in [2.24, 2.45) is 0 Å². The Hall–Kier alpha value is -2.14. The third kappa shape index (κ3) is 3.45. The lowest BCUT2D eigenvalue weighted by molar-refractivity contribution is 0.0902. The molecule has 0 saturated carbocycles. The van der Waals surface area contributed by atoms with Gasteiger partial charge in [0.15, 0.2) is 0 Å². The number of hydrogen-bond acceptors (Lipinski definition) is 4. The van der Waals surface area contributed by atoms with Crippen LogP contribution in [-0.2, 0) is 0 Å². The number of aliphatic hydroxyl groups is 1. The minimum Gasteiger partial charge on any atom is -0.467 e. The Balaban J connectivity index is 1.93. The highest BCUT2D eigenvalue weighted by molar-refractivity contribution is 5.95. The Morgan fingerprint density at radius 1 is 1.45 bits per heavy atom. The van der Waals surface area contributed by atoms with Gasteiger partial charge < -0.3 is 14.8 Å². The number of amides is 1. The molecule has 2 aromatic rings. The summed E-state index contributed by atoms with van der Waals surface area (Å²) < 4.78 is 5.13. The second-order valence-corrected chi connectivity index (χ2v) is 4.78. The highest BCUT2D eigenvalue weighted by atomic mass is 16.4. The molecule has 2 heterocycles. The van der Waals surface area contributed by atoms with Crippen LogP contribution in [0.4, 0.5) is 0 Å².